The number of ether oxygens (including phenoxy) is 1. The fourth-order valence-electron chi connectivity index (χ4n) is 4.89. The lowest BCUT2D eigenvalue weighted by Gasteiger charge is -2.39. The van der Waals surface area contributed by atoms with Gasteiger partial charge in [0.25, 0.3) is 0 Å². The Hall–Kier alpha value is -3.10. The van der Waals surface area contributed by atoms with Gasteiger partial charge >= 0.3 is 6.09 Å². The Balaban J connectivity index is 0.00000361. The van der Waals surface area contributed by atoms with Crippen molar-refractivity contribution in [3.8, 4) is 11.1 Å². The number of hydrogen-bond donors (Lipinski definition) is 2. The second-order valence-corrected chi connectivity index (χ2v) is 9.59. The van der Waals surface area contributed by atoms with E-state index in [0.717, 1.165) is 34.5 Å². The minimum Gasteiger partial charge on any atom is -0.447 e. The quantitative estimate of drug-likeness (QED) is 0.628. The molecular weight excluding hydrogens is 480 g/mol. The van der Waals surface area contributed by atoms with Gasteiger partial charge in [-0.2, -0.15) is 0 Å². The molecule has 4 rings (SSSR count). The monoisotopic (exact) mass is 514 g/mol. The van der Waals surface area contributed by atoms with E-state index >= 15 is 0 Å². The smallest absolute Gasteiger partial charge is 0.407 e. The summed E-state index contributed by atoms with van der Waals surface area (Å²) in [5.74, 6) is 0.0929. The van der Waals surface area contributed by atoms with Crippen LogP contribution in [0, 0.1) is 0 Å². The minimum absolute atomic E-state index is 0. The Labute approximate surface area is 218 Å². The predicted molar refractivity (Wildman–Crippen MR) is 142 cm³/mol. The summed E-state index contributed by atoms with van der Waals surface area (Å²) in [6, 6.07) is 13.9. The molecule has 0 aromatic heterocycles. The van der Waals surface area contributed by atoms with E-state index in [2.05, 4.69) is 10.6 Å². The molecule has 0 saturated carbocycles. The van der Waals surface area contributed by atoms with Gasteiger partial charge in [-0.15, -0.1) is 12.4 Å². The second kappa shape index (κ2) is 11.8. The van der Waals surface area contributed by atoms with E-state index < -0.39 is 6.09 Å². The molecule has 8 nitrogen and oxygen atoms in total. The van der Waals surface area contributed by atoms with Crippen molar-refractivity contribution in [2.45, 2.75) is 58.8 Å². The number of halogens is 1. The van der Waals surface area contributed by atoms with Gasteiger partial charge in [0, 0.05) is 38.3 Å². The van der Waals surface area contributed by atoms with E-state index in [0.29, 0.717) is 26.1 Å². The molecule has 2 aromatic carbocycles. The van der Waals surface area contributed by atoms with Gasteiger partial charge in [-0.1, -0.05) is 30.3 Å². The first-order chi connectivity index (χ1) is 16.7. The number of alkyl carbamates (subject to hydrolysis) is 1. The zero-order valence-electron chi connectivity index (χ0n) is 21.2. The standard InChI is InChI=1S/C27H34N4O4.ClH/c1-17(2)35-27(34)29-24-13-18(3)31(19(4)32)25-10-9-22(14-23(24)25)21-7-5-20(6-8-21)16-30-12-11-28-15-26(30)33;/h5-10,14,17-18,24,28H,11-13,15-16H2,1-4H3,(H,29,34);1H. The molecule has 0 bridgehead atoms. The SMILES string of the molecule is CC(=O)N1c2ccc(-c3ccc(CN4CCNCC4=O)cc3)cc2C(NC(=O)OC(C)C)CC1C.Cl. The van der Waals surface area contributed by atoms with Crippen molar-refractivity contribution in [2.75, 3.05) is 24.5 Å². The van der Waals surface area contributed by atoms with Gasteiger partial charge < -0.3 is 25.2 Å². The largest absolute Gasteiger partial charge is 0.447 e. The maximum absolute atomic E-state index is 12.4. The number of rotatable bonds is 5. The molecule has 0 aliphatic carbocycles. The first kappa shape index (κ1) is 27.5. The van der Waals surface area contributed by atoms with Gasteiger partial charge in [-0.05, 0) is 61.6 Å². The van der Waals surface area contributed by atoms with Gasteiger partial charge in [-0.25, -0.2) is 4.79 Å². The number of carbonyl (C=O) groups excluding carboxylic acids is 3. The molecule has 0 radical (unpaired) electrons. The van der Waals surface area contributed by atoms with Crippen LogP contribution >= 0.6 is 12.4 Å². The van der Waals surface area contributed by atoms with Crippen LogP contribution in [0.5, 0.6) is 0 Å². The molecule has 36 heavy (non-hydrogen) atoms. The third-order valence-corrected chi connectivity index (χ3v) is 6.50. The topological polar surface area (TPSA) is 91.0 Å². The first-order valence-corrected chi connectivity index (χ1v) is 12.2. The highest BCUT2D eigenvalue weighted by Crippen LogP contribution is 2.39. The number of nitrogens with one attached hydrogen (secondary N) is 2. The van der Waals surface area contributed by atoms with Crippen LogP contribution in [0.3, 0.4) is 0 Å². The number of piperazine rings is 1. The van der Waals surface area contributed by atoms with E-state index in [9.17, 15) is 14.4 Å². The molecule has 1 fully saturated rings. The minimum atomic E-state index is -0.461. The van der Waals surface area contributed by atoms with Crippen molar-refractivity contribution >= 4 is 36.0 Å². The van der Waals surface area contributed by atoms with Gasteiger partial charge in [0.15, 0.2) is 0 Å². The Bertz CT molecular complexity index is 1110. The third kappa shape index (κ3) is 6.17. The van der Waals surface area contributed by atoms with Crippen LogP contribution in [0.25, 0.3) is 11.1 Å². The number of amides is 3. The maximum atomic E-state index is 12.4. The molecule has 1 saturated heterocycles. The van der Waals surface area contributed by atoms with Crippen molar-refractivity contribution in [1.29, 1.82) is 0 Å². The first-order valence-electron chi connectivity index (χ1n) is 12.2. The molecule has 2 unspecified atom stereocenters. The van der Waals surface area contributed by atoms with Gasteiger partial charge in [-0.3, -0.25) is 9.59 Å². The number of anilines is 1. The fraction of sp³-hybridized carbons (Fsp3) is 0.444. The summed E-state index contributed by atoms with van der Waals surface area (Å²) in [6.45, 7) is 9.70. The van der Waals surface area contributed by atoms with E-state index in [-0.39, 0.29) is 42.4 Å². The van der Waals surface area contributed by atoms with Crippen molar-refractivity contribution < 1.29 is 19.1 Å². The Morgan fingerprint density at radius 3 is 2.47 bits per heavy atom. The molecule has 2 N–H and O–H groups in total. The van der Waals surface area contributed by atoms with E-state index in [1.54, 1.807) is 11.8 Å². The highest BCUT2D eigenvalue weighted by molar-refractivity contribution is 5.94. The van der Waals surface area contributed by atoms with Crippen molar-refractivity contribution in [1.82, 2.24) is 15.5 Å². The van der Waals surface area contributed by atoms with Crippen LogP contribution in [-0.2, 0) is 20.9 Å². The van der Waals surface area contributed by atoms with Crippen LogP contribution in [-0.4, -0.2) is 54.6 Å². The highest BCUT2D eigenvalue weighted by atomic mass is 35.5. The predicted octanol–water partition coefficient (Wildman–Crippen LogP) is 4.03. The Kier molecular flexibility index (Phi) is 8.98. The van der Waals surface area contributed by atoms with Gasteiger partial charge in [0.2, 0.25) is 11.8 Å². The average molecular weight is 515 g/mol. The van der Waals surface area contributed by atoms with Crippen LogP contribution < -0.4 is 15.5 Å². The summed E-state index contributed by atoms with van der Waals surface area (Å²) in [5.41, 5.74) is 4.81. The lowest BCUT2D eigenvalue weighted by molar-refractivity contribution is -0.132. The maximum Gasteiger partial charge on any atom is 0.407 e. The summed E-state index contributed by atoms with van der Waals surface area (Å²) in [4.78, 5) is 40.5. The van der Waals surface area contributed by atoms with Crippen LogP contribution in [0.4, 0.5) is 10.5 Å². The molecule has 2 aliphatic heterocycles. The normalized spacial score (nSPS) is 19.4. The lowest BCUT2D eigenvalue weighted by Crippen LogP contribution is -2.47. The highest BCUT2D eigenvalue weighted by Gasteiger charge is 2.33. The van der Waals surface area contributed by atoms with E-state index in [1.807, 2.05) is 68.1 Å². The number of fused-ring (bicyclic) bond motifs is 1. The van der Waals surface area contributed by atoms with Crippen molar-refractivity contribution in [2.24, 2.45) is 0 Å². The Morgan fingerprint density at radius 2 is 1.83 bits per heavy atom. The van der Waals surface area contributed by atoms with Crippen LogP contribution in [0.15, 0.2) is 42.5 Å². The average Bonchev–Trinajstić information content (AvgIpc) is 2.80. The fourth-order valence-corrected chi connectivity index (χ4v) is 4.89. The molecule has 2 atom stereocenters. The van der Waals surface area contributed by atoms with E-state index in [4.69, 9.17) is 4.74 Å². The molecule has 2 aliphatic rings. The summed E-state index contributed by atoms with van der Waals surface area (Å²) in [5, 5.41) is 6.09. The zero-order valence-corrected chi connectivity index (χ0v) is 22.1. The molecule has 2 heterocycles. The summed E-state index contributed by atoms with van der Waals surface area (Å²) in [6.07, 6.45) is -0.0804. The van der Waals surface area contributed by atoms with E-state index in [1.165, 1.54) is 0 Å². The zero-order chi connectivity index (χ0) is 25.1. The lowest BCUT2D eigenvalue weighted by atomic mass is 9.89. The van der Waals surface area contributed by atoms with Crippen LogP contribution in [0.2, 0.25) is 0 Å². The number of nitrogens with zero attached hydrogens (tertiary/aromatic N) is 2. The van der Waals surface area contributed by atoms with Crippen molar-refractivity contribution in [3.05, 3.63) is 53.6 Å². The molecule has 2 aromatic rings. The molecule has 194 valence electrons. The van der Waals surface area contributed by atoms with Crippen molar-refractivity contribution in [3.63, 3.8) is 0 Å². The van der Waals surface area contributed by atoms with Gasteiger partial charge in [0.05, 0.1) is 18.7 Å². The molecule has 0 spiro atoms. The number of carbonyl (C=O) groups is 3. The second-order valence-electron chi connectivity index (χ2n) is 9.59. The summed E-state index contributed by atoms with van der Waals surface area (Å²) >= 11 is 0. The summed E-state index contributed by atoms with van der Waals surface area (Å²) < 4.78 is 5.31. The molecule has 3 amide bonds. The van der Waals surface area contributed by atoms with Crippen LogP contribution in [0.1, 0.15) is 51.3 Å². The third-order valence-electron chi connectivity index (χ3n) is 6.50. The molecule has 9 heteroatoms. The molecular formula is C27H35ClN4O4. The number of hydrogen-bond acceptors (Lipinski definition) is 5. The van der Waals surface area contributed by atoms with Gasteiger partial charge in [0.1, 0.15) is 0 Å². The summed E-state index contributed by atoms with van der Waals surface area (Å²) in [7, 11) is 0. The number of benzene rings is 2. The Morgan fingerprint density at radius 1 is 1.14 bits per heavy atom.